The summed E-state index contributed by atoms with van der Waals surface area (Å²) in [5.41, 5.74) is 1.46. The number of rotatable bonds is 7. The highest BCUT2D eigenvalue weighted by molar-refractivity contribution is 5.95. The van der Waals surface area contributed by atoms with E-state index in [-0.39, 0.29) is 30.1 Å². The van der Waals surface area contributed by atoms with Crippen LogP contribution < -0.4 is 16.0 Å². The highest BCUT2D eigenvalue weighted by atomic mass is 35.5. The van der Waals surface area contributed by atoms with Crippen molar-refractivity contribution in [3.05, 3.63) is 24.3 Å². The van der Waals surface area contributed by atoms with Crippen LogP contribution in [0.25, 0.3) is 0 Å². The van der Waals surface area contributed by atoms with Crippen LogP contribution in [0.3, 0.4) is 0 Å². The first-order valence-electron chi connectivity index (χ1n) is 9.12. The minimum Gasteiger partial charge on any atom is -0.326 e. The van der Waals surface area contributed by atoms with Crippen molar-refractivity contribution in [3.8, 4) is 0 Å². The van der Waals surface area contributed by atoms with Crippen molar-refractivity contribution < 1.29 is 9.59 Å². The second kappa shape index (κ2) is 9.78. The van der Waals surface area contributed by atoms with Crippen molar-refractivity contribution >= 4 is 35.6 Å². The molecule has 0 spiro atoms. The zero-order valence-corrected chi connectivity index (χ0v) is 15.4. The summed E-state index contributed by atoms with van der Waals surface area (Å²) in [7, 11) is 0. The van der Waals surface area contributed by atoms with Crippen LogP contribution in [0, 0.1) is 11.8 Å². The molecule has 0 bridgehead atoms. The number of carbonyl (C=O) groups excluding carboxylic acids is 2. The van der Waals surface area contributed by atoms with E-state index in [0.29, 0.717) is 6.54 Å². The number of carbonyl (C=O) groups is 2. The molecule has 0 radical (unpaired) electrons. The first-order chi connectivity index (χ1) is 11.7. The largest absolute Gasteiger partial charge is 0.326 e. The first-order valence-corrected chi connectivity index (χ1v) is 9.12. The molecule has 0 aliphatic heterocycles. The predicted molar refractivity (Wildman–Crippen MR) is 103 cm³/mol. The van der Waals surface area contributed by atoms with Gasteiger partial charge in [0.25, 0.3) is 0 Å². The summed E-state index contributed by atoms with van der Waals surface area (Å²) in [6.07, 6.45) is 8.03. The van der Waals surface area contributed by atoms with Crippen LogP contribution in [0.4, 0.5) is 11.4 Å². The molecule has 3 rings (SSSR count). The summed E-state index contributed by atoms with van der Waals surface area (Å²) in [5, 5.41) is 9.04. The van der Waals surface area contributed by atoms with Crippen LogP contribution in [0.1, 0.15) is 44.9 Å². The molecule has 1 aromatic carbocycles. The number of nitrogens with one attached hydrogen (secondary N) is 3. The number of halogens is 1. The van der Waals surface area contributed by atoms with Crippen molar-refractivity contribution in [2.45, 2.75) is 44.9 Å². The molecule has 25 heavy (non-hydrogen) atoms. The van der Waals surface area contributed by atoms with Gasteiger partial charge in [-0.2, -0.15) is 0 Å². The number of hydrogen-bond acceptors (Lipinski definition) is 3. The van der Waals surface area contributed by atoms with Crippen molar-refractivity contribution in [2.75, 3.05) is 23.7 Å². The maximum absolute atomic E-state index is 12.3. The average molecular weight is 366 g/mol. The summed E-state index contributed by atoms with van der Waals surface area (Å²) in [5.74, 6) is 0.940. The topological polar surface area (TPSA) is 70.2 Å². The van der Waals surface area contributed by atoms with Gasteiger partial charge in [0.05, 0.1) is 6.54 Å². The molecule has 5 nitrogen and oxygen atoms in total. The van der Waals surface area contributed by atoms with E-state index in [1.165, 1.54) is 19.3 Å². The molecule has 1 aromatic rings. The molecule has 2 fully saturated rings. The Bertz CT molecular complexity index is 584. The van der Waals surface area contributed by atoms with Crippen LogP contribution in [-0.2, 0) is 9.59 Å². The van der Waals surface area contributed by atoms with Gasteiger partial charge in [-0.15, -0.1) is 12.4 Å². The zero-order valence-electron chi connectivity index (χ0n) is 14.6. The Morgan fingerprint density at radius 2 is 1.64 bits per heavy atom. The van der Waals surface area contributed by atoms with Gasteiger partial charge in [-0.3, -0.25) is 9.59 Å². The smallest absolute Gasteiger partial charge is 0.238 e. The quantitative estimate of drug-likeness (QED) is 0.691. The SMILES string of the molecule is Cl.O=C(CNCC1CC1)Nc1cccc(NC(=O)C2CCCCC2)c1. The van der Waals surface area contributed by atoms with Crippen molar-refractivity contribution in [1.29, 1.82) is 0 Å². The lowest BCUT2D eigenvalue weighted by molar-refractivity contribution is -0.120. The summed E-state index contributed by atoms with van der Waals surface area (Å²) in [6.45, 7) is 1.25. The second-order valence-corrected chi connectivity index (χ2v) is 7.03. The number of benzene rings is 1. The van der Waals surface area contributed by atoms with Crippen LogP contribution in [-0.4, -0.2) is 24.9 Å². The van der Waals surface area contributed by atoms with Crippen LogP contribution in [0.5, 0.6) is 0 Å². The lowest BCUT2D eigenvalue weighted by atomic mass is 9.88. The van der Waals surface area contributed by atoms with E-state index in [2.05, 4.69) is 16.0 Å². The molecule has 3 N–H and O–H groups in total. The van der Waals surface area contributed by atoms with E-state index in [1.807, 2.05) is 24.3 Å². The molecule has 0 saturated heterocycles. The van der Waals surface area contributed by atoms with Crippen molar-refractivity contribution in [3.63, 3.8) is 0 Å². The minimum absolute atomic E-state index is 0. The summed E-state index contributed by atoms with van der Waals surface area (Å²) in [6, 6.07) is 7.38. The Balaban J connectivity index is 0.00000225. The van der Waals surface area contributed by atoms with Gasteiger partial charge >= 0.3 is 0 Å². The van der Waals surface area contributed by atoms with Crippen LogP contribution >= 0.6 is 12.4 Å². The van der Waals surface area contributed by atoms with Gasteiger partial charge in [-0.1, -0.05) is 25.3 Å². The Hall–Kier alpha value is -1.59. The van der Waals surface area contributed by atoms with E-state index in [4.69, 9.17) is 0 Å². The summed E-state index contributed by atoms with van der Waals surface area (Å²) >= 11 is 0. The minimum atomic E-state index is -0.0496. The third kappa shape index (κ3) is 6.67. The van der Waals surface area contributed by atoms with Crippen molar-refractivity contribution in [1.82, 2.24) is 5.32 Å². The lowest BCUT2D eigenvalue weighted by Gasteiger charge is -2.20. The maximum atomic E-state index is 12.3. The fourth-order valence-electron chi connectivity index (χ4n) is 3.20. The third-order valence-electron chi connectivity index (χ3n) is 4.81. The van der Waals surface area contributed by atoms with Gasteiger partial charge in [-0.05, 0) is 56.3 Å². The zero-order chi connectivity index (χ0) is 16.8. The molecule has 2 aliphatic rings. The molecule has 138 valence electrons. The fraction of sp³-hybridized carbons (Fsp3) is 0.579. The monoisotopic (exact) mass is 365 g/mol. The molecule has 2 saturated carbocycles. The van der Waals surface area contributed by atoms with E-state index < -0.39 is 0 Å². The predicted octanol–water partition coefficient (Wildman–Crippen LogP) is 3.57. The van der Waals surface area contributed by atoms with Gasteiger partial charge in [0.1, 0.15) is 0 Å². The number of anilines is 2. The van der Waals surface area contributed by atoms with E-state index in [0.717, 1.165) is 49.5 Å². The molecule has 2 aliphatic carbocycles. The van der Waals surface area contributed by atoms with Crippen LogP contribution in [0.2, 0.25) is 0 Å². The van der Waals surface area contributed by atoms with E-state index >= 15 is 0 Å². The van der Waals surface area contributed by atoms with Gasteiger partial charge in [0.15, 0.2) is 0 Å². The Morgan fingerprint density at radius 1 is 0.960 bits per heavy atom. The van der Waals surface area contributed by atoms with Gasteiger partial charge in [-0.25, -0.2) is 0 Å². The maximum Gasteiger partial charge on any atom is 0.238 e. The molecule has 0 aromatic heterocycles. The normalized spacial score (nSPS) is 17.4. The van der Waals surface area contributed by atoms with Crippen LogP contribution in [0.15, 0.2) is 24.3 Å². The fourth-order valence-corrected chi connectivity index (χ4v) is 3.20. The highest BCUT2D eigenvalue weighted by Gasteiger charge is 2.21. The summed E-state index contributed by atoms with van der Waals surface area (Å²) < 4.78 is 0. The molecule has 0 heterocycles. The Kier molecular flexibility index (Phi) is 7.72. The van der Waals surface area contributed by atoms with Gasteiger partial charge in [0.2, 0.25) is 11.8 Å². The highest BCUT2D eigenvalue weighted by Crippen LogP contribution is 2.27. The van der Waals surface area contributed by atoms with E-state index in [1.54, 1.807) is 0 Å². The Morgan fingerprint density at radius 3 is 2.32 bits per heavy atom. The van der Waals surface area contributed by atoms with E-state index in [9.17, 15) is 9.59 Å². The van der Waals surface area contributed by atoms with Crippen molar-refractivity contribution in [2.24, 2.45) is 11.8 Å². The third-order valence-corrected chi connectivity index (χ3v) is 4.81. The first kappa shape index (κ1) is 19.7. The number of hydrogen-bond donors (Lipinski definition) is 3. The molecule has 0 atom stereocenters. The van der Waals surface area contributed by atoms with Gasteiger partial charge in [0, 0.05) is 17.3 Å². The second-order valence-electron chi connectivity index (χ2n) is 7.03. The lowest BCUT2D eigenvalue weighted by Crippen LogP contribution is -2.29. The molecule has 6 heteroatoms. The molecule has 2 amide bonds. The number of amides is 2. The Labute approximate surface area is 155 Å². The summed E-state index contributed by atoms with van der Waals surface area (Å²) in [4.78, 5) is 24.2. The average Bonchev–Trinajstić information content (AvgIpc) is 3.40. The molecular formula is C19H28ClN3O2. The molecule has 0 unspecified atom stereocenters. The van der Waals surface area contributed by atoms with Gasteiger partial charge < -0.3 is 16.0 Å². The standard InChI is InChI=1S/C19H27N3O2.ClH/c23-18(13-20-12-14-9-10-14)21-16-7-4-8-17(11-16)22-19(24)15-5-2-1-3-6-15;/h4,7-8,11,14-15,20H,1-3,5-6,9-10,12-13H2,(H,21,23)(H,22,24);1H. The molecular weight excluding hydrogens is 338 g/mol.